The van der Waals surface area contributed by atoms with Crippen LogP contribution in [-0.4, -0.2) is 22.7 Å². The minimum absolute atomic E-state index is 0.207. The molecule has 0 aliphatic heterocycles. The summed E-state index contributed by atoms with van der Waals surface area (Å²) in [7, 11) is 0. The van der Waals surface area contributed by atoms with Crippen LogP contribution in [-0.2, 0) is 0 Å². The second kappa shape index (κ2) is 6.75. The molecule has 0 aliphatic carbocycles. The number of rotatable bonds is 5. The van der Waals surface area contributed by atoms with Crippen LogP contribution >= 0.6 is 27.7 Å². The molecule has 0 radical (unpaired) electrons. The number of hydrogen-bond donors (Lipinski definition) is 0. The molecule has 20 heavy (non-hydrogen) atoms. The first-order valence-corrected chi connectivity index (χ1v) is 6.86. The van der Waals surface area contributed by atoms with E-state index in [9.17, 15) is 26.7 Å². The van der Waals surface area contributed by atoms with Crippen molar-refractivity contribution in [3.63, 3.8) is 0 Å². The molecule has 2 nitrogen and oxygen atoms in total. The van der Waals surface area contributed by atoms with Crippen molar-refractivity contribution < 1.29 is 31.5 Å². The number of alkyl halides is 6. The molecule has 0 amide bonds. The van der Waals surface area contributed by atoms with Crippen LogP contribution in [0.15, 0.2) is 23.1 Å². The summed E-state index contributed by atoms with van der Waals surface area (Å²) < 4.78 is 65.3. The topological polar surface area (TPSA) is 26.3 Å². The third kappa shape index (κ3) is 5.28. The Bertz CT molecular complexity index is 490. The zero-order chi connectivity index (χ0) is 15.5. The Hall–Kier alpha value is -0.830. The zero-order valence-electron chi connectivity index (χ0n) is 9.88. The van der Waals surface area contributed by atoms with E-state index in [2.05, 4.69) is 20.7 Å². The lowest BCUT2D eigenvalue weighted by molar-refractivity contribution is -0.0502. The first kappa shape index (κ1) is 17.2. The molecule has 0 fully saturated rings. The van der Waals surface area contributed by atoms with Crippen molar-refractivity contribution in [2.24, 2.45) is 0 Å². The van der Waals surface area contributed by atoms with E-state index in [0.29, 0.717) is 0 Å². The van der Waals surface area contributed by atoms with Gasteiger partial charge >= 0.3 is 12.1 Å². The van der Waals surface area contributed by atoms with Crippen molar-refractivity contribution in [1.29, 1.82) is 0 Å². The van der Waals surface area contributed by atoms with Gasteiger partial charge in [-0.3, -0.25) is 4.79 Å². The fraction of sp³-hybridized carbons (Fsp3) is 0.364. The molecule has 0 heterocycles. The van der Waals surface area contributed by atoms with Crippen molar-refractivity contribution >= 4 is 33.5 Å². The molecule has 1 rings (SSSR count). The maximum absolute atomic E-state index is 12.3. The van der Waals surface area contributed by atoms with Crippen molar-refractivity contribution in [1.82, 2.24) is 0 Å². The first-order chi connectivity index (χ1) is 9.10. The largest absolute Gasteiger partial charge is 0.446 e. The van der Waals surface area contributed by atoms with Crippen molar-refractivity contribution in [3.05, 3.63) is 23.8 Å². The molecule has 0 saturated heterocycles. The number of benzene rings is 1. The molecule has 0 spiro atoms. The highest BCUT2D eigenvalue weighted by Crippen LogP contribution is 2.39. The molecular weight excluding hydrogens is 371 g/mol. The highest BCUT2D eigenvalue weighted by atomic mass is 79.9. The molecule has 0 saturated carbocycles. The highest BCUT2D eigenvalue weighted by molar-refractivity contribution is 9.10. The van der Waals surface area contributed by atoms with Crippen LogP contribution in [0.4, 0.5) is 22.0 Å². The normalized spacial score (nSPS) is 13.4. The molecule has 9 heteroatoms. The van der Waals surface area contributed by atoms with Crippen LogP contribution in [0.25, 0.3) is 0 Å². The highest BCUT2D eigenvalue weighted by Gasteiger charge is 2.30. The van der Waals surface area contributed by atoms with Gasteiger partial charge in [0.2, 0.25) is 0 Å². The number of ketones is 1. The van der Waals surface area contributed by atoms with Crippen molar-refractivity contribution in [3.8, 4) is 5.75 Å². The number of halogens is 6. The first-order valence-electron chi connectivity index (χ1n) is 5.13. The lowest BCUT2D eigenvalue weighted by Gasteiger charge is -2.13. The van der Waals surface area contributed by atoms with E-state index in [1.165, 1.54) is 6.92 Å². The van der Waals surface area contributed by atoms with Crippen LogP contribution in [0.1, 0.15) is 17.3 Å². The molecule has 0 aliphatic rings. The molecule has 0 bridgehead atoms. The Balaban J connectivity index is 3.16. The van der Waals surface area contributed by atoms with Crippen LogP contribution in [0.2, 0.25) is 0 Å². The number of carbonyl (C=O) groups excluding carboxylic acids is 1. The Kier molecular flexibility index (Phi) is 5.81. The Morgan fingerprint density at radius 3 is 2.40 bits per heavy atom. The van der Waals surface area contributed by atoms with E-state index in [0.717, 1.165) is 18.2 Å². The van der Waals surface area contributed by atoms with Gasteiger partial charge in [-0.25, -0.2) is 0 Å². The Labute approximate surface area is 123 Å². The molecule has 1 unspecified atom stereocenters. The van der Waals surface area contributed by atoms with Gasteiger partial charge in [0.05, 0.1) is 10.4 Å². The number of hydrogen-bond acceptors (Lipinski definition) is 3. The molecular formula is C11H8BrF5O2S. The number of thioether (sulfide) groups is 1. The standard InChI is InChI=1S/C11H8BrF5O2S/c1-5(12)9(18)7-3-2-6(20-11(15,16)17)4-8(7)19-10(13)14/h2-5,10H,1H3. The van der Waals surface area contributed by atoms with Gasteiger partial charge in [0.25, 0.3) is 0 Å². The van der Waals surface area contributed by atoms with Crippen LogP contribution in [0, 0.1) is 0 Å². The zero-order valence-corrected chi connectivity index (χ0v) is 12.3. The summed E-state index contributed by atoms with van der Waals surface area (Å²) in [6.45, 7) is -1.77. The van der Waals surface area contributed by atoms with Gasteiger partial charge in [0, 0.05) is 4.90 Å². The minimum Gasteiger partial charge on any atom is -0.434 e. The average molecular weight is 379 g/mol. The van der Waals surface area contributed by atoms with Crippen LogP contribution < -0.4 is 4.74 Å². The quantitative estimate of drug-likeness (QED) is 0.316. The van der Waals surface area contributed by atoms with E-state index in [-0.39, 0.29) is 10.5 Å². The summed E-state index contributed by atoms with van der Waals surface area (Å²) in [5.41, 5.74) is -4.77. The monoisotopic (exact) mass is 378 g/mol. The lowest BCUT2D eigenvalue weighted by atomic mass is 10.1. The molecule has 1 aromatic carbocycles. The summed E-state index contributed by atoms with van der Waals surface area (Å²) in [6.07, 6.45) is 0. The summed E-state index contributed by atoms with van der Waals surface area (Å²) in [4.78, 5) is 10.7. The van der Waals surface area contributed by atoms with E-state index in [1.807, 2.05) is 0 Å². The van der Waals surface area contributed by atoms with Crippen LogP contribution in [0.3, 0.4) is 0 Å². The van der Waals surface area contributed by atoms with Crippen molar-refractivity contribution in [2.45, 2.75) is 28.8 Å². The fourth-order valence-electron chi connectivity index (χ4n) is 1.31. The summed E-state index contributed by atoms with van der Waals surface area (Å²) in [5, 5.41) is 0. The Morgan fingerprint density at radius 2 is 1.95 bits per heavy atom. The number of Topliss-reactive ketones (excluding diaryl/α,β-unsaturated/α-hetero) is 1. The molecule has 0 N–H and O–H groups in total. The average Bonchev–Trinajstić information content (AvgIpc) is 2.25. The van der Waals surface area contributed by atoms with Crippen LogP contribution in [0.5, 0.6) is 5.75 Å². The molecule has 0 aromatic heterocycles. The predicted octanol–water partition coefficient (Wildman–Crippen LogP) is 4.87. The lowest BCUT2D eigenvalue weighted by Crippen LogP contribution is -2.14. The maximum Gasteiger partial charge on any atom is 0.446 e. The smallest absolute Gasteiger partial charge is 0.434 e. The van der Waals surface area contributed by atoms with Gasteiger partial charge in [-0.05, 0) is 36.9 Å². The summed E-state index contributed by atoms with van der Waals surface area (Å²) in [6, 6.07) is 2.83. The molecule has 112 valence electrons. The van der Waals surface area contributed by atoms with Gasteiger partial charge in [-0.2, -0.15) is 22.0 Å². The number of ether oxygens (including phenoxy) is 1. The SMILES string of the molecule is CC(Br)C(=O)c1ccc(SC(F)(F)F)cc1OC(F)F. The van der Waals surface area contributed by atoms with Crippen molar-refractivity contribution in [2.75, 3.05) is 0 Å². The Morgan fingerprint density at radius 1 is 1.35 bits per heavy atom. The van der Waals surface area contributed by atoms with Gasteiger partial charge < -0.3 is 4.74 Å². The van der Waals surface area contributed by atoms with Gasteiger partial charge in [-0.15, -0.1) is 0 Å². The van der Waals surface area contributed by atoms with E-state index < -0.39 is 40.2 Å². The second-order valence-electron chi connectivity index (χ2n) is 3.56. The summed E-state index contributed by atoms with van der Waals surface area (Å²) >= 11 is 2.49. The van der Waals surface area contributed by atoms with Gasteiger partial charge in [0.15, 0.2) is 5.78 Å². The fourth-order valence-corrected chi connectivity index (χ4v) is 2.13. The third-order valence-corrected chi connectivity index (χ3v) is 3.17. The predicted molar refractivity (Wildman–Crippen MR) is 67.7 cm³/mol. The molecule has 1 atom stereocenters. The summed E-state index contributed by atoms with van der Waals surface area (Å²) in [5.74, 6) is -1.14. The van der Waals surface area contributed by atoms with E-state index in [1.54, 1.807) is 0 Å². The number of carbonyl (C=O) groups is 1. The third-order valence-electron chi connectivity index (χ3n) is 2.03. The maximum atomic E-state index is 12.3. The second-order valence-corrected chi connectivity index (χ2v) is 6.08. The van der Waals surface area contributed by atoms with E-state index in [4.69, 9.17) is 0 Å². The van der Waals surface area contributed by atoms with Gasteiger partial charge in [0.1, 0.15) is 5.75 Å². The minimum atomic E-state index is -4.56. The van der Waals surface area contributed by atoms with E-state index >= 15 is 0 Å². The molecule has 1 aromatic rings. The van der Waals surface area contributed by atoms with Gasteiger partial charge in [-0.1, -0.05) is 15.9 Å².